The number of amides is 1. The van der Waals surface area contributed by atoms with Crippen molar-refractivity contribution in [2.45, 2.75) is 55.9 Å². The molecule has 147 valence electrons. The van der Waals surface area contributed by atoms with Gasteiger partial charge in [0.1, 0.15) is 4.88 Å². The van der Waals surface area contributed by atoms with Gasteiger partial charge in [-0.2, -0.15) is 0 Å². The van der Waals surface area contributed by atoms with Gasteiger partial charge in [0.05, 0.1) is 6.20 Å². The predicted octanol–water partition coefficient (Wildman–Crippen LogP) is 3.74. The highest BCUT2D eigenvalue weighted by Gasteiger charge is 2.19. The maximum Gasteiger partial charge on any atom is 0.286 e. The third-order valence-electron chi connectivity index (χ3n) is 2.91. The molecule has 1 amide bonds. The van der Waals surface area contributed by atoms with Gasteiger partial charge >= 0.3 is 0 Å². The summed E-state index contributed by atoms with van der Waals surface area (Å²) in [7, 11) is 0. The largest absolute Gasteiger partial charge is 0.346 e. The molecule has 0 aliphatic carbocycles. The number of nitrogens with zero attached hydrogens (tertiary/aromatic N) is 3. The quantitative estimate of drug-likeness (QED) is 0.480. The standard InChI is InChI=1S/C10H16N4O2S.3C2H6.CH4.B/c1-2-13-3-5-14(6-4-13)10-11-7-8(17-10)9(15)12-16;3*1-2;;/h7,16H,2-6H2,1H3,(H,12,15);3*1-2H3;1H4;. The second-order valence-electron chi connectivity index (χ2n) is 3.87. The highest BCUT2D eigenvalue weighted by atomic mass is 32.1. The molecule has 0 atom stereocenters. The number of carbonyl (C=O) groups is 1. The number of nitrogens with one attached hydrogen (secondary N) is 1. The van der Waals surface area contributed by atoms with Crippen LogP contribution in [0.5, 0.6) is 0 Å². The van der Waals surface area contributed by atoms with E-state index in [-0.39, 0.29) is 15.8 Å². The Balaban J connectivity index is -0.000000250. The molecule has 2 N–H and O–H groups in total. The Kier molecular flexibility index (Phi) is 26.5. The van der Waals surface area contributed by atoms with Crippen LogP contribution in [-0.2, 0) is 0 Å². The Labute approximate surface area is 161 Å². The van der Waals surface area contributed by atoms with Crippen LogP contribution in [0, 0.1) is 0 Å². The van der Waals surface area contributed by atoms with Crippen LogP contribution in [0.2, 0.25) is 0 Å². The molecule has 1 aromatic heterocycles. The number of hydrogen-bond donors (Lipinski definition) is 2. The predicted molar refractivity (Wildman–Crippen MR) is 112 cm³/mol. The molecule has 0 saturated carbocycles. The number of rotatable bonds is 3. The minimum atomic E-state index is -0.499. The van der Waals surface area contributed by atoms with Gasteiger partial charge in [0.15, 0.2) is 5.13 Å². The molecule has 8 heteroatoms. The molecule has 2 heterocycles. The summed E-state index contributed by atoms with van der Waals surface area (Å²) in [5.74, 6) is -0.499. The first-order valence-electron chi connectivity index (χ1n) is 8.62. The van der Waals surface area contributed by atoms with Crippen molar-refractivity contribution in [2.75, 3.05) is 37.6 Å². The highest BCUT2D eigenvalue weighted by Crippen LogP contribution is 2.23. The van der Waals surface area contributed by atoms with Crippen molar-refractivity contribution in [1.82, 2.24) is 15.4 Å². The molecular weight excluding hydrogens is 335 g/mol. The van der Waals surface area contributed by atoms with E-state index in [1.807, 2.05) is 41.5 Å². The smallest absolute Gasteiger partial charge is 0.286 e. The molecular formula is C17H38BN4O2S. The van der Waals surface area contributed by atoms with Crippen LogP contribution in [0.15, 0.2) is 6.20 Å². The van der Waals surface area contributed by atoms with Crippen molar-refractivity contribution < 1.29 is 10.0 Å². The highest BCUT2D eigenvalue weighted by molar-refractivity contribution is 7.17. The van der Waals surface area contributed by atoms with E-state index in [4.69, 9.17) is 5.21 Å². The van der Waals surface area contributed by atoms with Crippen molar-refractivity contribution >= 4 is 30.8 Å². The van der Waals surface area contributed by atoms with E-state index >= 15 is 0 Å². The first-order chi connectivity index (χ1) is 11.2. The average molecular weight is 373 g/mol. The van der Waals surface area contributed by atoms with Crippen LogP contribution in [0.3, 0.4) is 0 Å². The molecule has 0 unspecified atom stereocenters. The Bertz CT molecular complexity index is 398. The van der Waals surface area contributed by atoms with Crippen LogP contribution in [0.4, 0.5) is 5.13 Å². The average Bonchev–Trinajstić information content (AvgIpc) is 3.16. The molecule has 0 bridgehead atoms. The van der Waals surface area contributed by atoms with E-state index < -0.39 is 5.91 Å². The summed E-state index contributed by atoms with van der Waals surface area (Å²) < 4.78 is 0. The SMILES string of the molecule is C.CC.CC.CC.CCN1CCN(c2ncc(C(=O)NO)s2)CC1.[B]. The summed E-state index contributed by atoms with van der Waals surface area (Å²) in [5, 5.41) is 9.38. The fourth-order valence-corrected chi connectivity index (χ4v) is 2.68. The Hall–Kier alpha value is -1.12. The summed E-state index contributed by atoms with van der Waals surface area (Å²) in [4.78, 5) is 20.4. The summed E-state index contributed by atoms with van der Waals surface area (Å²) in [5.41, 5.74) is 1.62. The minimum absolute atomic E-state index is 0. The van der Waals surface area contributed by atoms with E-state index in [9.17, 15) is 4.79 Å². The van der Waals surface area contributed by atoms with Gasteiger partial charge in [-0.1, -0.05) is 67.2 Å². The molecule has 6 nitrogen and oxygen atoms in total. The maximum absolute atomic E-state index is 11.2. The summed E-state index contributed by atoms with van der Waals surface area (Å²) >= 11 is 1.31. The number of anilines is 1. The van der Waals surface area contributed by atoms with Crippen molar-refractivity contribution in [3.05, 3.63) is 11.1 Å². The summed E-state index contributed by atoms with van der Waals surface area (Å²) in [6.07, 6.45) is 1.50. The van der Waals surface area contributed by atoms with Gasteiger partial charge in [-0.3, -0.25) is 10.0 Å². The normalized spacial score (nSPS) is 12.4. The lowest BCUT2D eigenvalue weighted by molar-refractivity contribution is 0.0710. The first kappa shape index (κ1) is 31.6. The van der Waals surface area contributed by atoms with Gasteiger partial charge in [-0.15, -0.1) is 0 Å². The van der Waals surface area contributed by atoms with E-state index in [0.29, 0.717) is 4.88 Å². The zero-order valence-corrected chi connectivity index (χ0v) is 17.1. The van der Waals surface area contributed by atoms with Gasteiger partial charge in [0.2, 0.25) is 0 Å². The maximum atomic E-state index is 11.2. The van der Waals surface area contributed by atoms with Crippen molar-refractivity contribution in [1.29, 1.82) is 0 Å². The molecule has 1 aliphatic rings. The Morgan fingerprint density at radius 1 is 1.16 bits per heavy atom. The van der Waals surface area contributed by atoms with Gasteiger partial charge in [0, 0.05) is 34.6 Å². The first-order valence-corrected chi connectivity index (χ1v) is 9.43. The summed E-state index contributed by atoms with van der Waals surface area (Å²) in [6.45, 7) is 19.1. The third-order valence-corrected chi connectivity index (χ3v) is 3.97. The monoisotopic (exact) mass is 373 g/mol. The number of piperazine rings is 1. The zero-order chi connectivity index (χ0) is 18.3. The third kappa shape index (κ3) is 11.2. The van der Waals surface area contributed by atoms with Crippen LogP contribution in [0.25, 0.3) is 0 Å². The zero-order valence-electron chi connectivity index (χ0n) is 16.3. The Morgan fingerprint density at radius 3 is 2.04 bits per heavy atom. The number of likely N-dealkylation sites (N-methyl/N-ethyl adjacent to an activating group) is 1. The van der Waals surface area contributed by atoms with Crippen LogP contribution in [0.1, 0.15) is 65.6 Å². The number of carbonyl (C=O) groups excluding carboxylic acids is 1. The van der Waals surface area contributed by atoms with Gasteiger partial charge in [-0.25, -0.2) is 10.5 Å². The van der Waals surface area contributed by atoms with Gasteiger partial charge in [-0.05, 0) is 6.54 Å². The molecule has 1 saturated heterocycles. The number of thiazole rings is 1. The van der Waals surface area contributed by atoms with Gasteiger partial charge < -0.3 is 9.80 Å². The van der Waals surface area contributed by atoms with Crippen LogP contribution in [-0.4, -0.2) is 62.1 Å². The van der Waals surface area contributed by atoms with Gasteiger partial charge in [0.25, 0.3) is 5.91 Å². The lowest BCUT2D eigenvalue weighted by atomic mass is 10.3. The molecule has 2 rings (SSSR count). The number of hydrogen-bond acceptors (Lipinski definition) is 6. The van der Waals surface area contributed by atoms with Crippen LogP contribution < -0.4 is 10.4 Å². The fraction of sp³-hybridized carbons (Fsp3) is 0.765. The molecule has 3 radical (unpaired) electrons. The van der Waals surface area contributed by atoms with E-state index in [1.165, 1.54) is 17.5 Å². The lowest BCUT2D eigenvalue weighted by Crippen LogP contribution is -2.46. The molecule has 1 aliphatic heterocycles. The number of aromatic nitrogens is 1. The van der Waals surface area contributed by atoms with Crippen molar-refractivity contribution in [3.63, 3.8) is 0 Å². The fourth-order valence-electron chi connectivity index (χ4n) is 1.83. The van der Waals surface area contributed by atoms with Crippen molar-refractivity contribution in [3.8, 4) is 0 Å². The van der Waals surface area contributed by atoms with Crippen LogP contribution >= 0.6 is 11.3 Å². The molecule has 1 aromatic rings. The van der Waals surface area contributed by atoms with E-state index in [1.54, 1.807) is 5.48 Å². The molecule has 25 heavy (non-hydrogen) atoms. The topological polar surface area (TPSA) is 68.7 Å². The second-order valence-corrected chi connectivity index (χ2v) is 4.88. The Morgan fingerprint density at radius 2 is 1.64 bits per heavy atom. The summed E-state index contributed by atoms with van der Waals surface area (Å²) in [6, 6.07) is 0. The molecule has 1 fully saturated rings. The molecule has 0 spiro atoms. The minimum Gasteiger partial charge on any atom is -0.346 e. The van der Waals surface area contributed by atoms with E-state index in [0.717, 1.165) is 37.9 Å². The lowest BCUT2D eigenvalue weighted by Gasteiger charge is -2.33. The molecule has 0 aromatic carbocycles. The van der Waals surface area contributed by atoms with E-state index in [2.05, 4.69) is 21.7 Å². The van der Waals surface area contributed by atoms with Crippen molar-refractivity contribution in [2.24, 2.45) is 0 Å². The number of hydroxylamine groups is 1. The second kappa shape index (κ2) is 20.9.